The molecular formula is C17H20N6O4S. The first-order chi connectivity index (χ1) is 13.4. The van der Waals surface area contributed by atoms with Crippen LogP contribution in [0.2, 0.25) is 0 Å². The Morgan fingerprint density at radius 2 is 2.14 bits per heavy atom. The lowest BCUT2D eigenvalue weighted by atomic mass is 10.2. The van der Waals surface area contributed by atoms with Gasteiger partial charge in [0.1, 0.15) is 12.7 Å². The summed E-state index contributed by atoms with van der Waals surface area (Å²) in [6.07, 6.45) is 7.54. The fourth-order valence-corrected chi connectivity index (χ4v) is 3.85. The van der Waals surface area contributed by atoms with E-state index in [-0.39, 0.29) is 19.3 Å². The molecule has 1 atom stereocenters. The van der Waals surface area contributed by atoms with Crippen LogP contribution < -0.4 is 4.74 Å². The van der Waals surface area contributed by atoms with Gasteiger partial charge in [0.25, 0.3) is 0 Å². The van der Waals surface area contributed by atoms with Crippen molar-refractivity contribution in [1.29, 1.82) is 0 Å². The van der Waals surface area contributed by atoms with Gasteiger partial charge in [-0.05, 0) is 6.07 Å². The fraction of sp³-hybridized carbons (Fsp3) is 0.412. The third-order valence-electron chi connectivity index (χ3n) is 4.40. The van der Waals surface area contributed by atoms with Crippen molar-refractivity contribution in [3.63, 3.8) is 0 Å². The van der Waals surface area contributed by atoms with Crippen LogP contribution in [0.15, 0.2) is 30.9 Å². The van der Waals surface area contributed by atoms with Gasteiger partial charge in [-0.3, -0.25) is 9.67 Å². The Hall–Kier alpha value is -2.63. The van der Waals surface area contributed by atoms with Crippen molar-refractivity contribution in [1.82, 2.24) is 29.0 Å². The molecule has 1 saturated heterocycles. The molecular weight excluding hydrogens is 384 g/mol. The summed E-state index contributed by atoms with van der Waals surface area (Å²) in [4.78, 5) is 13.2. The number of sulfonamides is 1. The van der Waals surface area contributed by atoms with E-state index in [1.54, 1.807) is 23.3 Å². The highest BCUT2D eigenvalue weighted by atomic mass is 32.2. The molecule has 0 aromatic carbocycles. The lowest BCUT2D eigenvalue weighted by Crippen LogP contribution is -2.47. The molecule has 148 valence electrons. The summed E-state index contributed by atoms with van der Waals surface area (Å²) in [5.41, 5.74) is 2.68. The Morgan fingerprint density at radius 3 is 2.89 bits per heavy atom. The molecule has 0 unspecified atom stereocenters. The Balaban J connectivity index is 1.59. The molecule has 11 heteroatoms. The van der Waals surface area contributed by atoms with Crippen LogP contribution in [0.1, 0.15) is 0 Å². The average molecular weight is 404 g/mol. The number of aryl methyl sites for hydroxylation is 1. The van der Waals surface area contributed by atoms with E-state index in [0.717, 1.165) is 5.56 Å². The molecule has 1 fully saturated rings. The molecule has 4 heterocycles. The van der Waals surface area contributed by atoms with Gasteiger partial charge < -0.3 is 9.47 Å². The predicted octanol–water partition coefficient (Wildman–Crippen LogP) is 0.464. The highest BCUT2D eigenvalue weighted by molar-refractivity contribution is 7.88. The van der Waals surface area contributed by atoms with Crippen molar-refractivity contribution in [3.8, 4) is 17.1 Å². The van der Waals surface area contributed by atoms with Crippen molar-refractivity contribution in [2.75, 3.05) is 32.6 Å². The van der Waals surface area contributed by atoms with Gasteiger partial charge in [-0.15, -0.1) is 0 Å². The summed E-state index contributed by atoms with van der Waals surface area (Å²) >= 11 is 0. The van der Waals surface area contributed by atoms with Crippen LogP contribution in [-0.2, 0) is 21.8 Å². The molecule has 0 bridgehead atoms. The maximum absolute atomic E-state index is 11.8. The zero-order valence-electron chi connectivity index (χ0n) is 15.5. The molecule has 0 saturated carbocycles. The number of ether oxygens (including phenoxy) is 2. The molecule has 0 amide bonds. The van der Waals surface area contributed by atoms with E-state index >= 15 is 0 Å². The zero-order chi connectivity index (χ0) is 19.7. The van der Waals surface area contributed by atoms with E-state index in [2.05, 4.69) is 20.1 Å². The second kappa shape index (κ2) is 7.41. The van der Waals surface area contributed by atoms with Crippen LogP contribution in [0.5, 0.6) is 5.88 Å². The van der Waals surface area contributed by atoms with Crippen LogP contribution in [0, 0.1) is 0 Å². The molecule has 1 aliphatic rings. The highest BCUT2D eigenvalue weighted by Crippen LogP contribution is 2.26. The summed E-state index contributed by atoms with van der Waals surface area (Å²) in [5.74, 6) is 0.324. The number of hydrogen-bond donors (Lipinski definition) is 0. The average Bonchev–Trinajstić information content (AvgIpc) is 3.12. The van der Waals surface area contributed by atoms with Crippen molar-refractivity contribution in [2.24, 2.45) is 7.05 Å². The van der Waals surface area contributed by atoms with Gasteiger partial charge in [-0.25, -0.2) is 18.4 Å². The smallest absolute Gasteiger partial charge is 0.242 e. The standard InChI is InChI=1S/C17H20N6O4S/c1-22-9-12(8-20-22)14-7-15-16(19-4-3-18-15)17(21-14)27-11-13-10-23(5-6-26-13)28(2,24)25/h3-4,7-9,13H,5-6,10-11H2,1-2H3/t13-/m0/s1. The first-order valence-corrected chi connectivity index (χ1v) is 10.6. The Morgan fingerprint density at radius 1 is 1.32 bits per heavy atom. The molecule has 0 spiro atoms. The van der Waals surface area contributed by atoms with E-state index in [1.165, 1.54) is 10.6 Å². The number of pyridine rings is 1. The van der Waals surface area contributed by atoms with Crippen LogP contribution in [0.25, 0.3) is 22.3 Å². The van der Waals surface area contributed by atoms with Gasteiger partial charge in [0.15, 0.2) is 5.52 Å². The van der Waals surface area contributed by atoms with Crippen LogP contribution in [0.4, 0.5) is 0 Å². The third-order valence-corrected chi connectivity index (χ3v) is 5.67. The number of hydrogen-bond acceptors (Lipinski definition) is 8. The topological polar surface area (TPSA) is 112 Å². The summed E-state index contributed by atoms with van der Waals surface area (Å²) in [7, 11) is -1.44. The minimum absolute atomic E-state index is 0.154. The number of aromatic nitrogens is 5. The highest BCUT2D eigenvalue weighted by Gasteiger charge is 2.27. The van der Waals surface area contributed by atoms with E-state index < -0.39 is 10.0 Å². The lowest BCUT2D eigenvalue weighted by Gasteiger charge is -2.30. The molecule has 3 aromatic heterocycles. The monoisotopic (exact) mass is 404 g/mol. The quantitative estimate of drug-likeness (QED) is 0.603. The van der Waals surface area contributed by atoms with Crippen molar-refractivity contribution in [2.45, 2.75) is 6.10 Å². The van der Waals surface area contributed by atoms with Gasteiger partial charge in [-0.2, -0.15) is 9.40 Å². The minimum Gasteiger partial charge on any atom is -0.473 e. The first kappa shape index (κ1) is 18.7. The van der Waals surface area contributed by atoms with Crippen LogP contribution >= 0.6 is 0 Å². The van der Waals surface area contributed by atoms with Crippen molar-refractivity contribution in [3.05, 3.63) is 30.9 Å². The van der Waals surface area contributed by atoms with Crippen LogP contribution in [-0.4, -0.2) is 76.1 Å². The summed E-state index contributed by atoms with van der Waals surface area (Å²) in [5, 5.41) is 4.17. The molecule has 0 aliphatic carbocycles. The van der Waals surface area contributed by atoms with E-state index in [4.69, 9.17) is 9.47 Å². The van der Waals surface area contributed by atoms with Crippen molar-refractivity contribution < 1.29 is 17.9 Å². The molecule has 10 nitrogen and oxygen atoms in total. The second-order valence-corrected chi connectivity index (χ2v) is 8.55. The van der Waals surface area contributed by atoms with Gasteiger partial charge in [-0.1, -0.05) is 0 Å². The molecule has 3 aromatic rings. The SMILES string of the molecule is Cn1cc(-c2cc3nccnc3c(OC[C@@H]3CN(S(C)(=O)=O)CCO3)n2)cn1. The lowest BCUT2D eigenvalue weighted by molar-refractivity contribution is -0.0252. The summed E-state index contributed by atoms with van der Waals surface area (Å²) in [6, 6.07) is 1.83. The van der Waals surface area contributed by atoms with Gasteiger partial charge in [0.05, 0.1) is 30.3 Å². The largest absolute Gasteiger partial charge is 0.473 e. The van der Waals surface area contributed by atoms with Gasteiger partial charge in [0.2, 0.25) is 15.9 Å². The van der Waals surface area contributed by atoms with E-state index in [9.17, 15) is 8.42 Å². The van der Waals surface area contributed by atoms with Crippen molar-refractivity contribution >= 4 is 21.1 Å². The summed E-state index contributed by atoms with van der Waals surface area (Å²) < 4.78 is 38.2. The van der Waals surface area contributed by atoms with E-state index in [1.807, 2.05) is 19.3 Å². The van der Waals surface area contributed by atoms with Crippen LogP contribution in [0.3, 0.4) is 0 Å². The predicted molar refractivity (Wildman–Crippen MR) is 101 cm³/mol. The summed E-state index contributed by atoms with van der Waals surface area (Å²) in [6.45, 7) is 1.06. The fourth-order valence-electron chi connectivity index (χ4n) is 3.01. The van der Waals surface area contributed by atoms with Gasteiger partial charge in [0, 0.05) is 44.3 Å². The number of nitrogens with zero attached hydrogens (tertiary/aromatic N) is 6. The maximum Gasteiger partial charge on any atom is 0.242 e. The second-order valence-electron chi connectivity index (χ2n) is 6.56. The molecule has 0 radical (unpaired) electrons. The number of morpholine rings is 1. The molecule has 4 rings (SSSR count). The maximum atomic E-state index is 11.8. The number of fused-ring (bicyclic) bond motifs is 1. The molecule has 0 N–H and O–H groups in total. The van der Waals surface area contributed by atoms with Gasteiger partial charge >= 0.3 is 0 Å². The molecule has 1 aliphatic heterocycles. The third kappa shape index (κ3) is 3.96. The molecule has 28 heavy (non-hydrogen) atoms. The Labute approximate surface area is 162 Å². The normalized spacial score (nSPS) is 18.4. The Bertz CT molecular complexity index is 1100. The number of rotatable bonds is 5. The van der Waals surface area contributed by atoms with E-state index in [0.29, 0.717) is 35.8 Å². The first-order valence-electron chi connectivity index (χ1n) is 8.70. The Kier molecular flexibility index (Phi) is 4.96. The zero-order valence-corrected chi connectivity index (χ0v) is 16.3. The minimum atomic E-state index is -3.27.